The highest BCUT2D eigenvalue weighted by Crippen LogP contribution is 2.31. The maximum atomic E-state index is 14.5. The summed E-state index contributed by atoms with van der Waals surface area (Å²) in [6.07, 6.45) is -2.98. The van der Waals surface area contributed by atoms with Crippen LogP contribution in [-0.2, 0) is 22.8 Å². The van der Waals surface area contributed by atoms with Crippen molar-refractivity contribution in [3.63, 3.8) is 0 Å². The Morgan fingerprint density at radius 1 is 1.11 bits per heavy atom. The van der Waals surface area contributed by atoms with Gasteiger partial charge in [-0.1, -0.05) is 18.1 Å². The summed E-state index contributed by atoms with van der Waals surface area (Å²) in [4.78, 5) is 0. The highest BCUT2D eigenvalue weighted by atomic mass is 32.2. The quantitative estimate of drug-likeness (QED) is 0.298. The Morgan fingerprint density at radius 3 is 2.50 bits per heavy atom. The summed E-state index contributed by atoms with van der Waals surface area (Å²) in [5.74, 6) is 6.28. The fourth-order valence-corrected chi connectivity index (χ4v) is 5.71. The molecule has 2 N–H and O–H groups in total. The molecule has 1 saturated heterocycles. The normalized spacial score (nSPS) is 17.9. The minimum absolute atomic E-state index is 0.00970. The van der Waals surface area contributed by atoms with Crippen molar-refractivity contribution >= 4 is 33.1 Å². The second kappa shape index (κ2) is 11.1. The number of aromatic nitrogens is 1. The lowest BCUT2D eigenvalue weighted by Crippen LogP contribution is -2.29. The van der Waals surface area contributed by atoms with Crippen molar-refractivity contribution in [3.8, 4) is 17.9 Å². The van der Waals surface area contributed by atoms with Gasteiger partial charge >= 0.3 is 6.18 Å². The maximum Gasteiger partial charge on any atom is 0.406 e. The monoisotopic (exact) mass is 544 g/mol. The predicted octanol–water partition coefficient (Wildman–Crippen LogP) is 5.93. The molecule has 0 aliphatic carbocycles. The fraction of sp³-hybridized carbons (Fsp3) is 0.393. The van der Waals surface area contributed by atoms with Crippen molar-refractivity contribution in [1.82, 2.24) is 4.57 Å². The van der Waals surface area contributed by atoms with E-state index < -0.39 is 34.8 Å². The number of hydrogen-bond acceptors (Lipinski definition) is 4. The first kappa shape index (κ1) is 27.5. The molecule has 2 heterocycles. The lowest BCUT2D eigenvalue weighted by atomic mass is 9.86. The van der Waals surface area contributed by atoms with Gasteiger partial charge in [-0.2, -0.15) is 18.4 Å². The van der Waals surface area contributed by atoms with E-state index in [9.17, 15) is 27.0 Å². The molecular formula is C28H28F4N4OS. The van der Waals surface area contributed by atoms with Crippen LogP contribution in [0.2, 0.25) is 0 Å². The molecule has 200 valence electrons. The Balaban J connectivity index is 1.57. The summed E-state index contributed by atoms with van der Waals surface area (Å²) in [6, 6.07) is 13.5. The molecule has 1 fully saturated rings. The molecule has 0 amide bonds. The van der Waals surface area contributed by atoms with E-state index >= 15 is 0 Å². The molecule has 0 unspecified atom stereocenters. The molecule has 1 aliphatic rings. The summed E-state index contributed by atoms with van der Waals surface area (Å²) < 4.78 is 67.7. The van der Waals surface area contributed by atoms with Gasteiger partial charge in [0.1, 0.15) is 12.4 Å². The number of anilines is 2. The van der Waals surface area contributed by atoms with Gasteiger partial charge < -0.3 is 15.2 Å². The zero-order valence-corrected chi connectivity index (χ0v) is 21.9. The lowest BCUT2D eigenvalue weighted by Gasteiger charge is -2.24. The van der Waals surface area contributed by atoms with Crippen LogP contribution in [0, 0.1) is 29.0 Å². The standard InChI is InChI=1S/C28H28F4N4OS/c1-27(2,17-33)19-8-9-25(23(29)15-19)34-12-4-5-21-16-22-24(35-20-10-13-38(37)14-11-20)6-3-7-26(22)36(21)18-28(30,31)32/h3,6-9,15-16,20,34-35H,10-14,18H2,1-2H3. The summed E-state index contributed by atoms with van der Waals surface area (Å²) in [6.45, 7) is 2.21. The number of halogens is 4. The highest BCUT2D eigenvalue weighted by Gasteiger charge is 2.30. The van der Waals surface area contributed by atoms with Crippen LogP contribution in [0.25, 0.3) is 10.9 Å². The summed E-state index contributed by atoms with van der Waals surface area (Å²) in [5, 5.41) is 16.1. The minimum Gasteiger partial charge on any atom is -0.382 e. The second-order valence-corrected chi connectivity index (χ2v) is 11.5. The fourth-order valence-electron chi connectivity index (χ4n) is 4.41. The van der Waals surface area contributed by atoms with Crippen molar-refractivity contribution in [1.29, 1.82) is 5.26 Å². The van der Waals surface area contributed by atoms with E-state index in [1.807, 2.05) is 6.07 Å². The van der Waals surface area contributed by atoms with E-state index in [1.54, 1.807) is 38.1 Å². The van der Waals surface area contributed by atoms with E-state index in [0.29, 0.717) is 33.7 Å². The summed E-state index contributed by atoms with van der Waals surface area (Å²) >= 11 is 0. The van der Waals surface area contributed by atoms with Crippen molar-refractivity contribution in [3.05, 3.63) is 59.5 Å². The van der Waals surface area contributed by atoms with Gasteiger partial charge in [-0.15, -0.1) is 0 Å². The van der Waals surface area contributed by atoms with Crippen LogP contribution in [0.5, 0.6) is 0 Å². The van der Waals surface area contributed by atoms with Gasteiger partial charge in [0.25, 0.3) is 0 Å². The van der Waals surface area contributed by atoms with Crippen LogP contribution in [-0.4, -0.2) is 39.0 Å². The SMILES string of the molecule is CC(C)(C#N)c1ccc(NCC#Cc2cc3c(NC4CCS(=O)CC4)cccc3n2CC(F)(F)F)c(F)c1. The van der Waals surface area contributed by atoms with Gasteiger partial charge in [0.15, 0.2) is 0 Å². The average Bonchev–Trinajstić information content (AvgIpc) is 3.20. The third-order valence-corrected chi connectivity index (χ3v) is 7.97. The molecule has 0 bridgehead atoms. The van der Waals surface area contributed by atoms with Crippen molar-refractivity contribution in [2.45, 2.75) is 50.9 Å². The third kappa shape index (κ3) is 6.49. The van der Waals surface area contributed by atoms with Crippen LogP contribution >= 0.6 is 0 Å². The number of hydrogen-bond donors (Lipinski definition) is 2. The first-order valence-corrected chi connectivity index (χ1v) is 13.7. The molecule has 38 heavy (non-hydrogen) atoms. The van der Waals surface area contributed by atoms with Crippen molar-refractivity contribution in [2.24, 2.45) is 0 Å². The Labute approximate surface area is 221 Å². The smallest absolute Gasteiger partial charge is 0.382 e. The molecule has 1 aliphatic heterocycles. The Kier molecular flexibility index (Phi) is 8.03. The first-order valence-electron chi connectivity index (χ1n) is 12.2. The highest BCUT2D eigenvalue weighted by molar-refractivity contribution is 7.85. The van der Waals surface area contributed by atoms with E-state index in [0.717, 1.165) is 17.4 Å². The van der Waals surface area contributed by atoms with Crippen LogP contribution in [0.1, 0.15) is 37.9 Å². The Hall–Kier alpha value is -3.50. The number of fused-ring (bicyclic) bond motifs is 1. The molecular weight excluding hydrogens is 516 g/mol. The van der Waals surface area contributed by atoms with E-state index in [-0.39, 0.29) is 24.0 Å². The van der Waals surface area contributed by atoms with Gasteiger partial charge in [0.05, 0.1) is 34.9 Å². The minimum atomic E-state index is -4.44. The second-order valence-electron chi connectivity index (χ2n) is 9.82. The molecule has 4 rings (SSSR count). The molecule has 0 atom stereocenters. The molecule has 3 aromatic rings. The van der Waals surface area contributed by atoms with Crippen molar-refractivity contribution < 1.29 is 21.8 Å². The zero-order valence-electron chi connectivity index (χ0n) is 21.1. The molecule has 0 spiro atoms. The van der Waals surface area contributed by atoms with Gasteiger partial charge in [-0.3, -0.25) is 4.21 Å². The van der Waals surface area contributed by atoms with Crippen LogP contribution in [0.3, 0.4) is 0 Å². The Morgan fingerprint density at radius 2 is 1.84 bits per heavy atom. The Bertz CT molecular complexity index is 1450. The number of nitrogens with zero attached hydrogens (tertiary/aromatic N) is 2. The largest absolute Gasteiger partial charge is 0.406 e. The van der Waals surface area contributed by atoms with Gasteiger partial charge in [0.2, 0.25) is 0 Å². The molecule has 2 aromatic carbocycles. The lowest BCUT2D eigenvalue weighted by molar-refractivity contribution is -0.140. The number of benzene rings is 2. The summed E-state index contributed by atoms with van der Waals surface area (Å²) in [7, 11) is -0.813. The average molecular weight is 545 g/mol. The van der Waals surface area contributed by atoms with Gasteiger partial charge in [0, 0.05) is 39.4 Å². The molecule has 1 aromatic heterocycles. The first-order chi connectivity index (χ1) is 18.0. The molecule has 0 radical (unpaired) electrons. The van der Waals surface area contributed by atoms with Crippen LogP contribution in [0.15, 0.2) is 42.5 Å². The molecule has 5 nitrogen and oxygen atoms in total. The van der Waals surface area contributed by atoms with Crippen molar-refractivity contribution in [2.75, 3.05) is 28.7 Å². The zero-order chi connectivity index (χ0) is 27.5. The number of alkyl halides is 3. The van der Waals surface area contributed by atoms with Gasteiger partial charge in [-0.05, 0) is 68.5 Å². The maximum absolute atomic E-state index is 14.5. The number of nitriles is 1. The topological polar surface area (TPSA) is 69.8 Å². The number of rotatable bonds is 6. The molecule has 0 saturated carbocycles. The molecule has 10 heteroatoms. The van der Waals surface area contributed by atoms with E-state index in [2.05, 4.69) is 28.5 Å². The van der Waals surface area contributed by atoms with E-state index in [1.165, 1.54) is 12.1 Å². The third-order valence-electron chi connectivity index (χ3n) is 6.58. The van der Waals surface area contributed by atoms with E-state index in [4.69, 9.17) is 0 Å². The number of nitrogens with one attached hydrogen (secondary N) is 2. The summed E-state index contributed by atoms with van der Waals surface area (Å²) in [5.41, 5.74) is 1.21. The van der Waals surface area contributed by atoms with Gasteiger partial charge in [-0.25, -0.2) is 4.39 Å². The predicted molar refractivity (Wildman–Crippen MR) is 143 cm³/mol. The van der Waals surface area contributed by atoms with Crippen LogP contribution < -0.4 is 10.6 Å². The van der Waals surface area contributed by atoms with Crippen LogP contribution in [0.4, 0.5) is 28.9 Å².